The summed E-state index contributed by atoms with van der Waals surface area (Å²) in [5, 5.41) is 23.9. The summed E-state index contributed by atoms with van der Waals surface area (Å²) >= 11 is 1.24. The van der Waals surface area contributed by atoms with Gasteiger partial charge in [0, 0.05) is 24.9 Å². The minimum absolute atomic E-state index is 0.0440. The third-order valence-corrected chi connectivity index (χ3v) is 11.4. The van der Waals surface area contributed by atoms with E-state index < -0.39 is 46.6 Å². The van der Waals surface area contributed by atoms with Gasteiger partial charge in [-0.1, -0.05) is 0 Å². The normalized spacial score (nSPS) is 13.1. The first-order chi connectivity index (χ1) is 24.3. The molecule has 18 heteroatoms. The summed E-state index contributed by atoms with van der Waals surface area (Å²) in [7, 11) is -2.35. The summed E-state index contributed by atoms with van der Waals surface area (Å²) in [6.07, 6.45) is 2.78. The van der Waals surface area contributed by atoms with Crippen LogP contribution in [0.3, 0.4) is 0 Å². The topological polar surface area (TPSA) is 212 Å². The van der Waals surface area contributed by atoms with Crippen LogP contribution in [0.4, 0.5) is 5.82 Å². The third-order valence-electron chi connectivity index (χ3n) is 7.18. The Morgan fingerprint density at radius 1 is 0.942 bits per heavy atom. The molecule has 5 N–H and O–H groups in total. The Hall–Kier alpha value is -3.34. The van der Waals surface area contributed by atoms with Gasteiger partial charge in [-0.05, 0) is 111 Å². The van der Waals surface area contributed by atoms with Gasteiger partial charge >= 0.3 is 11.9 Å². The van der Waals surface area contributed by atoms with E-state index in [4.69, 9.17) is 23.8 Å². The molecule has 0 aliphatic heterocycles. The van der Waals surface area contributed by atoms with Crippen LogP contribution in [0, 0.1) is 5.41 Å². The summed E-state index contributed by atoms with van der Waals surface area (Å²) in [6.45, 7) is 13.3. The van der Waals surface area contributed by atoms with Crippen molar-refractivity contribution >= 4 is 59.3 Å². The summed E-state index contributed by atoms with van der Waals surface area (Å²) < 4.78 is 27.0. The van der Waals surface area contributed by atoms with Gasteiger partial charge in [0.15, 0.2) is 11.0 Å². The maximum Gasteiger partial charge on any atom is 0.309 e. The number of anilines is 1. The number of carboxylic acids is 2. The Balaban J connectivity index is 1.61. The molecule has 1 heterocycles. The Bertz CT molecular complexity index is 1490. The first-order valence-corrected chi connectivity index (χ1v) is 21.0. The van der Waals surface area contributed by atoms with Crippen molar-refractivity contribution in [3.8, 4) is 5.75 Å². The Morgan fingerprint density at radius 2 is 1.62 bits per heavy atom. The number of aromatic nitrogens is 1. The van der Waals surface area contributed by atoms with E-state index in [-0.39, 0.29) is 37.9 Å². The van der Waals surface area contributed by atoms with Gasteiger partial charge in [0.05, 0.1) is 59.2 Å². The van der Waals surface area contributed by atoms with Crippen LogP contribution in [0.5, 0.6) is 5.75 Å². The second kappa shape index (κ2) is 21.4. The predicted molar refractivity (Wildman–Crippen MR) is 201 cm³/mol. The zero-order valence-corrected chi connectivity index (χ0v) is 33.2. The molecule has 290 valence electrons. The van der Waals surface area contributed by atoms with Crippen molar-refractivity contribution in [2.75, 3.05) is 43.9 Å². The lowest BCUT2D eigenvalue weighted by Crippen LogP contribution is -2.45. The van der Waals surface area contributed by atoms with E-state index in [2.05, 4.69) is 20.3 Å². The van der Waals surface area contributed by atoms with Gasteiger partial charge in [0.2, 0.25) is 5.91 Å². The standard InChI is InChI=1S/C34H51N4O11PS2/c1-32(2,31(43)44)23-50(7)51-49-25-10-12-26(13-11-25)52(45)38-27-14-9-24(22-36-27)30(42)35-17-8-18-47-48-19-15-28(39)37-33(3,4)16-20-46-34(5,6)21-29(40)41/h9-14,22H,8,15-21,23H2,1-7H3,(H,35,42)(H,36,38)(H,37,39)(H,40,41)(H,43,44). The number of pyridine rings is 1. The third kappa shape index (κ3) is 17.9. The number of hydrogen-bond donors (Lipinski definition) is 5. The average molecular weight is 787 g/mol. The minimum atomic E-state index is -1.62. The number of carbonyl (C=O) groups excluding carboxylic acids is 2. The lowest BCUT2D eigenvalue weighted by Gasteiger charge is -2.29. The Kier molecular flexibility index (Phi) is 18.4. The molecule has 0 spiro atoms. The number of nitrogens with one attached hydrogen (secondary N) is 3. The maximum absolute atomic E-state index is 12.8. The van der Waals surface area contributed by atoms with Crippen LogP contribution in [0.1, 0.15) is 77.6 Å². The lowest BCUT2D eigenvalue weighted by molar-refractivity contribution is -0.294. The number of benzene rings is 1. The molecule has 2 unspecified atom stereocenters. The van der Waals surface area contributed by atoms with Crippen LogP contribution >= 0.6 is 18.8 Å². The van der Waals surface area contributed by atoms with E-state index in [0.717, 1.165) is 0 Å². The largest absolute Gasteiger partial charge is 0.481 e. The molecule has 15 nitrogen and oxygen atoms in total. The SMILES string of the molecule is CP(CC(C)(C)C(=O)O)SOc1ccc(S(=O)Nc2ccc(C(=O)NCCCOOCCC(=O)NC(C)(C)CCOC(C)(C)CC(=O)O)cn2)cc1. The average Bonchev–Trinajstić information content (AvgIpc) is 3.04. The van der Waals surface area contributed by atoms with Crippen LogP contribution < -0.4 is 19.5 Å². The molecule has 1 aromatic heterocycles. The molecule has 2 rings (SSSR count). The van der Waals surface area contributed by atoms with Crippen molar-refractivity contribution in [2.45, 2.75) is 83.3 Å². The van der Waals surface area contributed by atoms with Gasteiger partial charge in [0.25, 0.3) is 5.91 Å². The van der Waals surface area contributed by atoms with Crippen LogP contribution in [0.2, 0.25) is 0 Å². The summed E-state index contributed by atoms with van der Waals surface area (Å²) in [5.74, 6) is -1.48. The van der Waals surface area contributed by atoms with E-state index in [9.17, 15) is 28.5 Å². The van der Waals surface area contributed by atoms with Crippen molar-refractivity contribution in [3.05, 3.63) is 48.2 Å². The van der Waals surface area contributed by atoms with Crippen LogP contribution in [-0.4, -0.2) is 93.5 Å². The number of aliphatic carboxylic acids is 2. The second-order valence-corrected chi connectivity index (χ2v) is 19.2. The zero-order valence-electron chi connectivity index (χ0n) is 30.7. The summed E-state index contributed by atoms with van der Waals surface area (Å²) in [6, 6.07) is 9.78. The first kappa shape index (κ1) is 44.8. The minimum Gasteiger partial charge on any atom is -0.481 e. The van der Waals surface area contributed by atoms with Crippen molar-refractivity contribution in [1.82, 2.24) is 15.6 Å². The molecule has 52 heavy (non-hydrogen) atoms. The second-order valence-electron chi connectivity index (χ2n) is 13.8. The Morgan fingerprint density at radius 3 is 2.23 bits per heavy atom. The van der Waals surface area contributed by atoms with Crippen molar-refractivity contribution in [2.24, 2.45) is 5.41 Å². The molecule has 0 aliphatic rings. The highest BCUT2D eigenvalue weighted by Gasteiger charge is 2.30. The van der Waals surface area contributed by atoms with Crippen LogP contribution in [0.15, 0.2) is 47.5 Å². The molecule has 2 amide bonds. The van der Waals surface area contributed by atoms with E-state index in [1.54, 1.807) is 64.1 Å². The number of hydrogen-bond acceptors (Lipinski definition) is 11. The molecule has 0 saturated carbocycles. The summed E-state index contributed by atoms with van der Waals surface area (Å²) in [4.78, 5) is 61.9. The fourth-order valence-electron chi connectivity index (χ4n) is 4.31. The van der Waals surface area contributed by atoms with Gasteiger partial charge in [-0.2, -0.15) is 0 Å². The summed E-state index contributed by atoms with van der Waals surface area (Å²) in [5.41, 5.74) is -1.87. The number of carboxylic acid groups (broad SMARTS) is 2. The molecule has 0 fully saturated rings. The molecule has 2 atom stereocenters. The zero-order chi connectivity index (χ0) is 39.0. The molecule has 1 aromatic carbocycles. The van der Waals surface area contributed by atoms with Gasteiger partial charge in [-0.3, -0.25) is 23.9 Å². The molecule has 0 saturated heterocycles. The monoisotopic (exact) mass is 786 g/mol. The molecule has 2 aromatic rings. The number of amides is 2. The fraction of sp³-hybridized carbons (Fsp3) is 0.559. The van der Waals surface area contributed by atoms with Gasteiger partial charge in [-0.25, -0.2) is 19.0 Å². The van der Waals surface area contributed by atoms with Crippen molar-refractivity contribution in [3.63, 3.8) is 0 Å². The number of carbonyl (C=O) groups is 4. The van der Waals surface area contributed by atoms with Crippen molar-refractivity contribution in [1.29, 1.82) is 0 Å². The molecule has 0 bridgehead atoms. The van der Waals surface area contributed by atoms with Gasteiger partial charge in [-0.15, -0.1) is 0 Å². The number of ether oxygens (including phenoxy) is 1. The molecular formula is C34H51N4O11PS2. The highest BCUT2D eigenvalue weighted by atomic mass is 32.7. The van der Waals surface area contributed by atoms with Gasteiger partial charge in [0.1, 0.15) is 11.6 Å². The molecular weight excluding hydrogens is 735 g/mol. The van der Waals surface area contributed by atoms with Crippen LogP contribution in [-0.2, 0) is 39.9 Å². The highest BCUT2D eigenvalue weighted by Crippen LogP contribution is 2.50. The molecule has 0 radical (unpaired) electrons. The van der Waals surface area contributed by atoms with Crippen LogP contribution in [0.25, 0.3) is 0 Å². The molecule has 0 aliphatic carbocycles. The van der Waals surface area contributed by atoms with Gasteiger partial charge < -0.3 is 29.8 Å². The smallest absolute Gasteiger partial charge is 0.309 e. The lowest BCUT2D eigenvalue weighted by atomic mass is 9.97. The van der Waals surface area contributed by atoms with E-state index in [1.165, 1.54) is 17.9 Å². The van der Waals surface area contributed by atoms with E-state index in [0.29, 0.717) is 54.2 Å². The van der Waals surface area contributed by atoms with E-state index in [1.807, 2.05) is 20.5 Å². The quantitative estimate of drug-likeness (QED) is 0.0281. The van der Waals surface area contributed by atoms with E-state index >= 15 is 0 Å². The first-order valence-electron chi connectivity index (χ1n) is 16.5. The number of rotatable bonds is 25. The maximum atomic E-state index is 12.8. The highest BCUT2D eigenvalue weighted by molar-refractivity contribution is 8.53. The fourth-order valence-corrected chi connectivity index (χ4v) is 8.51. The van der Waals surface area contributed by atoms with Crippen molar-refractivity contribution < 1.29 is 52.3 Å². The Labute approximate surface area is 312 Å². The number of nitrogens with zero attached hydrogens (tertiary/aromatic N) is 1. The predicted octanol–water partition coefficient (Wildman–Crippen LogP) is 5.39.